The standard InChI is InChI=1S/C27H23N7O5S.ClH/c1-33-22-10-9-19(13-20(22)32-21(27(33)37)12-18-8-7-17(14-31-18)26(28)29)34(15-24(35)36)40(38,39)23-6-2-4-16-5-3-11-30-25(16)23;/h2-11,13-14H,12,15H2,1H3,(H3,28,29)(H,35,36);1H. The van der Waals surface area contributed by atoms with Crippen LogP contribution < -0.4 is 15.6 Å². The second-order valence-electron chi connectivity index (χ2n) is 8.96. The third kappa shape index (κ3) is 5.58. The lowest BCUT2D eigenvalue weighted by molar-refractivity contribution is -0.135. The van der Waals surface area contributed by atoms with Crippen LogP contribution in [-0.4, -0.2) is 51.4 Å². The number of amidine groups is 1. The average Bonchev–Trinajstić information content (AvgIpc) is 2.94. The molecule has 0 saturated heterocycles. The van der Waals surface area contributed by atoms with Gasteiger partial charge in [-0.3, -0.25) is 29.3 Å². The van der Waals surface area contributed by atoms with E-state index in [1.165, 1.54) is 41.2 Å². The highest BCUT2D eigenvalue weighted by atomic mass is 35.5. The highest BCUT2D eigenvalue weighted by Crippen LogP contribution is 2.29. The van der Waals surface area contributed by atoms with Crippen molar-refractivity contribution in [1.82, 2.24) is 19.5 Å². The normalized spacial score (nSPS) is 11.2. The second-order valence-corrected chi connectivity index (χ2v) is 10.8. The van der Waals surface area contributed by atoms with E-state index in [0.29, 0.717) is 22.2 Å². The van der Waals surface area contributed by atoms with E-state index in [1.807, 2.05) is 0 Å². The lowest BCUT2D eigenvalue weighted by atomic mass is 10.1. The van der Waals surface area contributed by atoms with Gasteiger partial charge < -0.3 is 15.4 Å². The fourth-order valence-electron chi connectivity index (χ4n) is 4.35. The first-order valence-electron chi connectivity index (χ1n) is 11.9. The Morgan fingerprint density at radius 1 is 1.10 bits per heavy atom. The number of para-hydroxylation sites is 1. The molecule has 210 valence electrons. The van der Waals surface area contributed by atoms with Gasteiger partial charge in [-0.1, -0.05) is 18.2 Å². The molecule has 0 fully saturated rings. The summed E-state index contributed by atoms with van der Waals surface area (Å²) in [7, 11) is -2.81. The Bertz CT molecular complexity index is 1970. The first kappa shape index (κ1) is 29.1. The summed E-state index contributed by atoms with van der Waals surface area (Å²) in [5, 5.41) is 17.7. The zero-order chi connectivity index (χ0) is 28.6. The number of nitrogens with zero attached hydrogens (tertiary/aromatic N) is 5. The summed E-state index contributed by atoms with van der Waals surface area (Å²) >= 11 is 0. The molecule has 14 heteroatoms. The Morgan fingerprint density at radius 3 is 2.54 bits per heavy atom. The van der Waals surface area contributed by atoms with Crippen LogP contribution in [0.3, 0.4) is 0 Å². The van der Waals surface area contributed by atoms with Gasteiger partial charge in [0, 0.05) is 42.5 Å². The Hall–Kier alpha value is -4.88. The lowest BCUT2D eigenvalue weighted by Crippen LogP contribution is -2.36. The van der Waals surface area contributed by atoms with Crippen LogP contribution in [0.5, 0.6) is 0 Å². The highest BCUT2D eigenvalue weighted by Gasteiger charge is 2.29. The molecule has 2 aromatic carbocycles. The molecule has 0 spiro atoms. The van der Waals surface area contributed by atoms with Crippen molar-refractivity contribution >= 4 is 61.9 Å². The van der Waals surface area contributed by atoms with Gasteiger partial charge in [0.15, 0.2) is 0 Å². The SMILES string of the molecule is Cl.Cn1c(=O)c(Cc2ccc(C(=N)N)cn2)nc2cc(N(CC(=O)O)S(=O)(=O)c3cccc4cccnc34)ccc21. The summed E-state index contributed by atoms with van der Waals surface area (Å²) in [6.45, 7) is -0.845. The molecule has 12 nitrogen and oxygen atoms in total. The van der Waals surface area contributed by atoms with Crippen LogP contribution in [-0.2, 0) is 28.3 Å². The van der Waals surface area contributed by atoms with E-state index < -0.39 is 22.5 Å². The fourth-order valence-corrected chi connectivity index (χ4v) is 5.93. The van der Waals surface area contributed by atoms with Crippen molar-refractivity contribution in [3.8, 4) is 0 Å². The van der Waals surface area contributed by atoms with Gasteiger partial charge in [0.1, 0.15) is 23.0 Å². The number of fused-ring (bicyclic) bond motifs is 2. The third-order valence-corrected chi connectivity index (χ3v) is 8.15. The topological polar surface area (TPSA) is 185 Å². The summed E-state index contributed by atoms with van der Waals surface area (Å²) in [6, 6.07) is 15.7. The zero-order valence-corrected chi connectivity index (χ0v) is 23.2. The number of pyridine rings is 2. The van der Waals surface area contributed by atoms with Crippen molar-refractivity contribution in [3.63, 3.8) is 0 Å². The number of hydrogen-bond acceptors (Lipinski definition) is 8. The molecule has 4 N–H and O–H groups in total. The number of nitrogen functional groups attached to an aromatic ring is 1. The quantitative estimate of drug-likeness (QED) is 0.179. The number of nitrogens with two attached hydrogens (primary N) is 1. The number of aromatic nitrogens is 4. The van der Waals surface area contributed by atoms with Gasteiger partial charge in [0.05, 0.1) is 22.2 Å². The van der Waals surface area contributed by atoms with Gasteiger partial charge in [-0.05, 0) is 42.5 Å². The average molecular weight is 594 g/mol. The van der Waals surface area contributed by atoms with Gasteiger partial charge in [-0.25, -0.2) is 13.4 Å². The molecule has 0 amide bonds. The molecule has 0 atom stereocenters. The van der Waals surface area contributed by atoms with Gasteiger partial charge >= 0.3 is 5.97 Å². The molecular formula is C27H24ClN7O5S. The summed E-state index contributed by atoms with van der Waals surface area (Å²) in [4.78, 5) is 37.6. The number of benzene rings is 2. The van der Waals surface area contributed by atoms with Crippen LogP contribution in [0, 0.1) is 5.41 Å². The number of hydrogen-bond donors (Lipinski definition) is 3. The van der Waals surface area contributed by atoms with Gasteiger partial charge in [-0.15, -0.1) is 12.4 Å². The largest absolute Gasteiger partial charge is 0.480 e. The molecule has 5 rings (SSSR count). The fraction of sp³-hybridized carbons (Fsp3) is 0.111. The van der Waals surface area contributed by atoms with Crippen LogP contribution in [0.15, 0.2) is 82.7 Å². The molecular weight excluding hydrogens is 570 g/mol. The molecule has 0 radical (unpaired) electrons. The van der Waals surface area contributed by atoms with Crippen molar-refractivity contribution in [3.05, 3.63) is 100 Å². The zero-order valence-electron chi connectivity index (χ0n) is 21.6. The minimum Gasteiger partial charge on any atom is -0.480 e. The minimum absolute atomic E-state index is 0. The van der Waals surface area contributed by atoms with Gasteiger partial charge in [0.25, 0.3) is 15.6 Å². The maximum atomic E-state index is 13.8. The van der Waals surface area contributed by atoms with Crippen molar-refractivity contribution in [2.24, 2.45) is 12.8 Å². The number of sulfonamides is 1. The molecule has 0 aliphatic heterocycles. The van der Waals surface area contributed by atoms with Gasteiger partial charge in [-0.2, -0.15) is 0 Å². The number of nitrogens with one attached hydrogen (secondary N) is 1. The molecule has 3 aromatic heterocycles. The Labute approximate surface area is 240 Å². The number of anilines is 1. The van der Waals surface area contributed by atoms with Crippen molar-refractivity contribution < 1.29 is 18.3 Å². The van der Waals surface area contributed by atoms with Crippen LogP contribution >= 0.6 is 12.4 Å². The predicted octanol–water partition coefficient (Wildman–Crippen LogP) is 2.45. The highest BCUT2D eigenvalue weighted by molar-refractivity contribution is 7.93. The Morgan fingerprint density at radius 2 is 1.85 bits per heavy atom. The van der Waals surface area contributed by atoms with Crippen LogP contribution in [0.2, 0.25) is 0 Å². The maximum Gasteiger partial charge on any atom is 0.324 e. The maximum absolute atomic E-state index is 13.8. The van der Waals surface area contributed by atoms with Crippen molar-refractivity contribution in [1.29, 1.82) is 5.41 Å². The first-order valence-corrected chi connectivity index (χ1v) is 13.4. The van der Waals surface area contributed by atoms with Crippen LogP contribution in [0.4, 0.5) is 5.69 Å². The van der Waals surface area contributed by atoms with E-state index in [2.05, 4.69) is 15.0 Å². The lowest BCUT2D eigenvalue weighted by Gasteiger charge is -2.23. The number of carboxylic acid groups (broad SMARTS) is 1. The molecule has 41 heavy (non-hydrogen) atoms. The smallest absolute Gasteiger partial charge is 0.324 e. The molecule has 0 saturated carbocycles. The first-order chi connectivity index (χ1) is 19.1. The summed E-state index contributed by atoms with van der Waals surface area (Å²) in [5.41, 5.74) is 7.21. The third-order valence-electron chi connectivity index (χ3n) is 6.34. The molecule has 3 heterocycles. The summed E-state index contributed by atoms with van der Waals surface area (Å²) in [5.74, 6) is -1.49. The second kappa shape index (κ2) is 11.3. The number of rotatable bonds is 8. The molecule has 5 aromatic rings. The number of carboxylic acids is 1. The predicted molar refractivity (Wildman–Crippen MR) is 156 cm³/mol. The van der Waals surface area contributed by atoms with E-state index in [4.69, 9.17) is 11.1 Å². The van der Waals surface area contributed by atoms with Crippen molar-refractivity contribution in [2.45, 2.75) is 11.3 Å². The molecule has 0 aliphatic carbocycles. The van der Waals surface area contributed by atoms with E-state index in [-0.39, 0.29) is 57.5 Å². The Balaban J connectivity index is 0.00000387. The number of aliphatic carboxylic acids is 1. The minimum atomic E-state index is -4.38. The van der Waals surface area contributed by atoms with Gasteiger partial charge in [0.2, 0.25) is 0 Å². The van der Waals surface area contributed by atoms with E-state index >= 15 is 0 Å². The van der Waals surface area contributed by atoms with E-state index in [9.17, 15) is 23.1 Å². The molecule has 0 bridgehead atoms. The van der Waals surface area contributed by atoms with E-state index in [1.54, 1.807) is 43.4 Å². The Kier molecular flexibility index (Phi) is 8.03. The number of halogens is 1. The summed E-state index contributed by atoms with van der Waals surface area (Å²) in [6.07, 6.45) is 2.97. The number of carbonyl (C=O) groups is 1. The number of aryl methyl sites for hydroxylation is 1. The molecule has 0 unspecified atom stereocenters. The molecule has 0 aliphatic rings. The van der Waals surface area contributed by atoms with E-state index in [0.717, 1.165) is 4.31 Å². The summed E-state index contributed by atoms with van der Waals surface area (Å²) < 4.78 is 29.8. The van der Waals surface area contributed by atoms with Crippen LogP contribution in [0.1, 0.15) is 17.0 Å². The van der Waals surface area contributed by atoms with Crippen molar-refractivity contribution in [2.75, 3.05) is 10.8 Å². The van der Waals surface area contributed by atoms with Crippen LogP contribution in [0.25, 0.3) is 21.9 Å². The monoisotopic (exact) mass is 593 g/mol.